The van der Waals surface area contributed by atoms with Crippen molar-refractivity contribution in [1.82, 2.24) is 9.21 Å². The highest BCUT2D eigenvalue weighted by Gasteiger charge is 2.11. The molecule has 0 bridgehead atoms. The van der Waals surface area contributed by atoms with Gasteiger partial charge in [-0.05, 0) is 21.0 Å². The summed E-state index contributed by atoms with van der Waals surface area (Å²) in [6, 6.07) is 0.343. The monoisotopic (exact) mass is 178 g/mol. The van der Waals surface area contributed by atoms with Crippen molar-refractivity contribution in [2.45, 2.75) is 13.0 Å². The van der Waals surface area contributed by atoms with Crippen LogP contribution in [0.3, 0.4) is 0 Å². The van der Waals surface area contributed by atoms with Crippen LogP contribution in [0, 0.1) is 0 Å². The number of likely N-dealkylation sites (N-methyl/N-ethyl adjacent to an activating group) is 2. The average molecular weight is 178 g/mol. The number of hydrogen-bond donors (Lipinski definition) is 0. The van der Waals surface area contributed by atoms with E-state index in [9.17, 15) is 4.21 Å². The molecule has 4 heteroatoms. The van der Waals surface area contributed by atoms with Crippen molar-refractivity contribution in [1.29, 1.82) is 0 Å². The van der Waals surface area contributed by atoms with E-state index < -0.39 is 11.0 Å². The smallest absolute Gasteiger partial charge is 0.0911 e. The molecule has 0 amide bonds. The van der Waals surface area contributed by atoms with E-state index in [1.165, 1.54) is 0 Å². The molecule has 0 heterocycles. The Labute approximate surface area is 72.0 Å². The van der Waals surface area contributed by atoms with Crippen LogP contribution in [0.1, 0.15) is 6.92 Å². The summed E-state index contributed by atoms with van der Waals surface area (Å²) in [4.78, 5) is 2.09. The summed E-state index contributed by atoms with van der Waals surface area (Å²) in [6.45, 7) is 3.01. The van der Waals surface area contributed by atoms with Crippen LogP contribution in [0.2, 0.25) is 0 Å². The Kier molecular flexibility index (Phi) is 4.88. The first-order chi connectivity index (χ1) is 4.95. The van der Waals surface area contributed by atoms with Crippen molar-refractivity contribution in [3.8, 4) is 0 Å². The molecule has 0 N–H and O–H groups in total. The highest BCUT2D eigenvalue weighted by Crippen LogP contribution is 1.98. The maximum Gasteiger partial charge on any atom is 0.0911 e. The fourth-order valence-corrected chi connectivity index (χ4v) is 1.47. The van der Waals surface area contributed by atoms with Gasteiger partial charge in [-0.3, -0.25) is 0 Å². The van der Waals surface area contributed by atoms with Gasteiger partial charge in [0.15, 0.2) is 0 Å². The third-order valence-corrected chi connectivity index (χ3v) is 2.83. The molecule has 0 fully saturated rings. The Morgan fingerprint density at radius 2 is 1.82 bits per heavy atom. The maximum atomic E-state index is 11.0. The fraction of sp³-hybridized carbons (Fsp3) is 1.00. The molecule has 0 rings (SSSR count). The predicted molar refractivity (Wildman–Crippen MR) is 49.8 cm³/mol. The predicted octanol–water partition coefficient (Wildman–Crippen LogP) is 0.162. The highest BCUT2D eigenvalue weighted by atomic mass is 32.2. The molecule has 0 aromatic rings. The van der Waals surface area contributed by atoms with Crippen molar-refractivity contribution < 1.29 is 4.21 Å². The minimum absolute atomic E-state index is 0.343. The van der Waals surface area contributed by atoms with Gasteiger partial charge in [0.2, 0.25) is 0 Å². The van der Waals surface area contributed by atoms with Crippen LogP contribution in [0.15, 0.2) is 0 Å². The zero-order valence-corrected chi connectivity index (χ0v) is 8.81. The van der Waals surface area contributed by atoms with E-state index >= 15 is 0 Å². The normalized spacial score (nSPS) is 17.4. The quantitative estimate of drug-likeness (QED) is 0.612. The van der Waals surface area contributed by atoms with Crippen molar-refractivity contribution in [2.75, 3.05) is 33.9 Å². The van der Waals surface area contributed by atoms with Crippen molar-refractivity contribution >= 4 is 11.0 Å². The molecule has 0 aliphatic carbocycles. The number of rotatable bonds is 4. The molecular formula is C7H18N2OS. The molecule has 0 aromatic heterocycles. The van der Waals surface area contributed by atoms with E-state index in [4.69, 9.17) is 0 Å². The number of nitrogens with zero attached hydrogens (tertiary/aromatic N) is 2. The Morgan fingerprint density at radius 3 is 2.09 bits per heavy atom. The fourth-order valence-electron chi connectivity index (χ4n) is 0.897. The second kappa shape index (κ2) is 4.85. The topological polar surface area (TPSA) is 23.6 Å². The zero-order chi connectivity index (χ0) is 9.02. The molecule has 3 nitrogen and oxygen atoms in total. The van der Waals surface area contributed by atoms with Crippen LogP contribution in [0.4, 0.5) is 0 Å². The lowest BCUT2D eigenvalue weighted by atomic mass is 10.3. The lowest BCUT2D eigenvalue weighted by molar-refractivity contribution is 0.300. The Balaban J connectivity index is 3.82. The summed E-state index contributed by atoms with van der Waals surface area (Å²) in [5.74, 6) is 0. The molecule has 0 aliphatic heterocycles. The molecule has 2 atom stereocenters. The Bertz CT molecular complexity index is 138. The first kappa shape index (κ1) is 11.1. The number of hydrogen-bond acceptors (Lipinski definition) is 2. The second-order valence-electron chi connectivity index (χ2n) is 3.08. The van der Waals surface area contributed by atoms with Gasteiger partial charge in [0.1, 0.15) is 0 Å². The van der Waals surface area contributed by atoms with E-state index in [0.29, 0.717) is 6.04 Å². The summed E-state index contributed by atoms with van der Waals surface area (Å²) in [5.41, 5.74) is 0. The van der Waals surface area contributed by atoms with Gasteiger partial charge in [-0.25, -0.2) is 8.51 Å². The van der Waals surface area contributed by atoms with E-state index in [0.717, 1.165) is 6.54 Å². The standard InChI is InChI=1S/C7H18N2OS/c1-7(6-8(2)3)9(4)11(5)10/h7H,6H2,1-5H3. The van der Waals surface area contributed by atoms with Gasteiger partial charge in [-0.2, -0.15) is 0 Å². The van der Waals surface area contributed by atoms with E-state index in [-0.39, 0.29) is 0 Å². The third-order valence-electron chi connectivity index (χ3n) is 1.66. The maximum absolute atomic E-state index is 11.0. The SMILES string of the molecule is CC(CN(C)C)N(C)S(C)=O. The Hall–Kier alpha value is 0.0700. The first-order valence-electron chi connectivity index (χ1n) is 3.66. The van der Waals surface area contributed by atoms with Gasteiger partial charge in [-0.1, -0.05) is 0 Å². The molecule has 0 radical (unpaired) electrons. The van der Waals surface area contributed by atoms with Crippen molar-refractivity contribution in [3.63, 3.8) is 0 Å². The average Bonchev–Trinajstić information content (AvgIpc) is 1.84. The molecule has 0 aromatic carbocycles. The van der Waals surface area contributed by atoms with E-state index in [1.54, 1.807) is 6.26 Å². The molecule has 0 aliphatic rings. The molecule has 0 saturated heterocycles. The molecule has 0 saturated carbocycles. The van der Waals surface area contributed by atoms with Crippen LogP contribution in [0.25, 0.3) is 0 Å². The molecule has 0 spiro atoms. The van der Waals surface area contributed by atoms with Gasteiger partial charge >= 0.3 is 0 Å². The van der Waals surface area contributed by atoms with Crippen molar-refractivity contribution in [3.05, 3.63) is 0 Å². The molecular weight excluding hydrogens is 160 g/mol. The van der Waals surface area contributed by atoms with Gasteiger partial charge < -0.3 is 4.90 Å². The van der Waals surface area contributed by atoms with E-state index in [2.05, 4.69) is 11.8 Å². The molecule has 2 unspecified atom stereocenters. The first-order valence-corrected chi connectivity index (χ1v) is 5.17. The largest absolute Gasteiger partial charge is 0.308 e. The summed E-state index contributed by atoms with van der Waals surface area (Å²) in [7, 11) is 5.06. The molecule has 11 heavy (non-hydrogen) atoms. The summed E-state index contributed by atoms with van der Waals surface area (Å²) < 4.78 is 12.8. The third kappa shape index (κ3) is 4.50. The van der Waals surface area contributed by atoms with Gasteiger partial charge in [0, 0.05) is 25.9 Å². The van der Waals surface area contributed by atoms with Crippen LogP contribution in [0.5, 0.6) is 0 Å². The Morgan fingerprint density at radius 1 is 1.36 bits per heavy atom. The van der Waals surface area contributed by atoms with Gasteiger partial charge in [0.05, 0.1) is 11.0 Å². The summed E-state index contributed by atoms with van der Waals surface area (Å²) in [6.07, 6.45) is 1.70. The van der Waals surface area contributed by atoms with E-state index in [1.807, 2.05) is 25.4 Å². The van der Waals surface area contributed by atoms with Crippen LogP contribution in [-0.2, 0) is 11.0 Å². The molecule has 68 valence electrons. The zero-order valence-electron chi connectivity index (χ0n) is 8.00. The second-order valence-corrected chi connectivity index (χ2v) is 4.50. The van der Waals surface area contributed by atoms with Crippen LogP contribution in [-0.4, -0.2) is 53.4 Å². The van der Waals surface area contributed by atoms with Crippen molar-refractivity contribution in [2.24, 2.45) is 0 Å². The van der Waals surface area contributed by atoms with Gasteiger partial charge in [-0.15, -0.1) is 0 Å². The highest BCUT2D eigenvalue weighted by molar-refractivity contribution is 7.81. The van der Waals surface area contributed by atoms with Gasteiger partial charge in [0.25, 0.3) is 0 Å². The van der Waals surface area contributed by atoms with Crippen LogP contribution >= 0.6 is 0 Å². The lowest BCUT2D eigenvalue weighted by Crippen LogP contribution is -2.38. The minimum atomic E-state index is -0.850. The minimum Gasteiger partial charge on any atom is -0.308 e. The lowest BCUT2D eigenvalue weighted by Gasteiger charge is -2.24. The summed E-state index contributed by atoms with van der Waals surface area (Å²) >= 11 is 0. The van der Waals surface area contributed by atoms with Crippen LogP contribution < -0.4 is 0 Å². The summed E-state index contributed by atoms with van der Waals surface area (Å²) in [5, 5.41) is 0.